The molecule has 1 aliphatic heterocycles. The summed E-state index contributed by atoms with van der Waals surface area (Å²) in [6.45, 7) is 1.42. The van der Waals surface area contributed by atoms with Gasteiger partial charge in [-0.3, -0.25) is 0 Å². The van der Waals surface area contributed by atoms with Gasteiger partial charge >= 0.3 is 6.09 Å². The van der Waals surface area contributed by atoms with Gasteiger partial charge in [0.15, 0.2) is 0 Å². The Morgan fingerprint density at radius 3 is 3.04 bits per heavy atom. The van der Waals surface area contributed by atoms with Crippen LogP contribution in [0.1, 0.15) is 11.9 Å². The Morgan fingerprint density at radius 2 is 2.23 bits per heavy atom. The fourth-order valence-corrected chi connectivity index (χ4v) is 3.20. The van der Waals surface area contributed by atoms with Crippen molar-refractivity contribution >= 4 is 17.0 Å². The molecule has 3 N–H and O–H groups in total. The number of aromatic nitrogens is 3. The average Bonchev–Trinajstić information content (AvgIpc) is 3.17. The molecule has 0 spiro atoms. The highest BCUT2D eigenvalue weighted by molar-refractivity contribution is 5.85. The fraction of sp³-hybridized carbons (Fsp3) is 0.278. The normalized spacial score (nSPS) is 17.4. The summed E-state index contributed by atoms with van der Waals surface area (Å²) in [5.74, 6) is 1.21. The number of ether oxygens (including phenoxy) is 1. The van der Waals surface area contributed by atoms with E-state index in [0.29, 0.717) is 31.3 Å². The summed E-state index contributed by atoms with van der Waals surface area (Å²) in [6, 6.07) is 9.67. The molecule has 0 aliphatic carbocycles. The summed E-state index contributed by atoms with van der Waals surface area (Å²) in [5, 5.41) is 13.5. The molecule has 4 rings (SSSR count). The molecular weight excluding hydrogens is 334 g/mol. The van der Waals surface area contributed by atoms with Crippen LogP contribution in [0.4, 0.5) is 4.79 Å². The van der Waals surface area contributed by atoms with Crippen LogP contribution in [0.3, 0.4) is 0 Å². The van der Waals surface area contributed by atoms with E-state index in [9.17, 15) is 9.90 Å². The number of imidazole rings is 1. The Bertz CT molecular complexity index is 955. The van der Waals surface area contributed by atoms with E-state index in [1.807, 2.05) is 30.3 Å². The highest BCUT2D eigenvalue weighted by Crippen LogP contribution is 2.31. The van der Waals surface area contributed by atoms with Gasteiger partial charge in [-0.25, -0.2) is 14.8 Å². The number of amides is 1. The molecule has 1 amide bonds. The van der Waals surface area contributed by atoms with Crippen LogP contribution in [0.25, 0.3) is 22.2 Å². The first-order valence-electron chi connectivity index (χ1n) is 8.36. The minimum atomic E-state index is -0.913. The van der Waals surface area contributed by atoms with Crippen LogP contribution in [0.15, 0.2) is 36.5 Å². The quantitative estimate of drug-likeness (QED) is 0.667. The van der Waals surface area contributed by atoms with Gasteiger partial charge < -0.3 is 25.0 Å². The molecule has 3 aromatic rings. The third-order valence-corrected chi connectivity index (χ3v) is 4.54. The number of rotatable bonds is 3. The lowest BCUT2D eigenvalue weighted by atomic mass is 10.1. The van der Waals surface area contributed by atoms with E-state index in [4.69, 9.17) is 4.74 Å². The highest BCUT2D eigenvalue weighted by Gasteiger charge is 2.26. The SMILES string of the molecule is COc1nc2ccccc2cc1-c1cnc(C2CN(C(=O)O)CCN2)[nH]1. The molecule has 1 saturated heterocycles. The first kappa shape index (κ1) is 16.3. The van der Waals surface area contributed by atoms with Crippen LogP contribution in [-0.4, -0.2) is 57.8 Å². The van der Waals surface area contributed by atoms with Gasteiger partial charge in [-0.2, -0.15) is 0 Å². The molecule has 0 bridgehead atoms. The fourth-order valence-electron chi connectivity index (χ4n) is 3.20. The van der Waals surface area contributed by atoms with Crippen LogP contribution in [0, 0.1) is 0 Å². The van der Waals surface area contributed by atoms with Crippen LogP contribution >= 0.6 is 0 Å². The number of carbonyl (C=O) groups is 1. The summed E-state index contributed by atoms with van der Waals surface area (Å²) in [7, 11) is 1.59. The second kappa shape index (κ2) is 6.64. The number of carboxylic acid groups (broad SMARTS) is 1. The number of para-hydroxylation sites is 1. The van der Waals surface area contributed by atoms with Gasteiger partial charge in [0.05, 0.1) is 36.1 Å². The van der Waals surface area contributed by atoms with Crippen molar-refractivity contribution in [2.24, 2.45) is 0 Å². The number of H-pyrrole nitrogens is 1. The van der Waals surface area contributed by atoms with Crippen molar-refractivity contribution in [3.05, 3.63) is 42.4 Å². The standard InChI is InChI=1S/C18H19N5O3/c1-26-17-12(8-11-4-2-3-5-13(11)22-17)14-9-20-16(21-14)15-10-23(18(24)25)7-6-19-15/h2-5,8-9,15,19H,6-7,10H2,1H3,(H,20,21)(H,24,25). The Hall–Kier alpha value is -3.13. The largest absolute Gasteiger partial charge is 0.480 e. The third kappa shape index (κ3) is 2.95. The van der Waals surface area contributed by atoms with Crippen molar-refractivity contribution in [2.75, 3.05) is 26.7 Å². The van der Waals surface area contributed by atoms with Crippen LogP contribution in [-0.2, 0) is 0 Å². The molecule has 134 valence electrons. The maximum Gasteiger partial charge on any atom is 0.407 e. The van der Waals surface area contributed by atoms with E-state index < -0.39 is 6.09 Å². The zero-order valence-corrected chi connectivity index (χ0v) is 14.3. The molecule has 1 atom stereocenters. The molecule has 0 radical (unpaired) electrons. The minimum Gasteiger partial charge on any atom is -0.480 e. The summed E-state index contributed by atoms with van der Waals surface area (Å²) < 4.78 is 5.45. The van der Waals surface area contributed by atoms with Crippen molar-refractivity contribution < 1.29 is 14.6 Å². The topological polar surface area (TPSA) is 103 Å². The summed E-state index contributed by atoms with van der Waals surface area (Å²) >= 11 is 0. The van der Waals surface area contributed by atoms with Crippen molar-refractivity contribution in [3.63, 3.8) is 0 Å². The molecule has 26 heavy (non-hydrogen) atoms. The van der Waals surface area contributed by atoms with Gasteiger partial charge in [-0.1, -0.05) is 18.2 Å². The predicted molar refractivity (Wildman–Crippen MR) is 96.2 cm³/mol. The minimum absolute atomic E-state index is 0.173. The first-order chi connectivity index (χ1) is 12.7. The van der Waals surface area contributed by atoms with Gasteiger partial charge in [0.25, 0.3) is 0 Å². The molecule has 3 heterocycles. The lowest BCUT2D eigenvalue weighted by Crippen LogP contribution is -2.48. The molecule has 8 heteroatoms. The second-order valence-corrected chi connectivity index (χ2v) is 6.16. The molecule has 1 aromatic carbocycles. The molecule has 1 unspecified atom stereocenters. The van der Waals surface area contributed by atoms with Gasteiger partial charge in [0.1, 0.15) is 5.82 Å². The molecule has 1 aliphatic rings. The lowest BCUT2D eigenvalue weighted by molar-refractivity contribution is 0.128. The Labute approximate surface area is 149 Å². The van der Waals surface area contributed by atoms with Crippen LogP contribution in [0.2, 0.25) is 0 Å². The molecule has 0 saturated carbocycles. The van der Waals surface area contributed by atoms with Crippen LogP contribution < -0.4 is 10.1 Å². The van der Waals surface area contributed by atoms with Gasteiger partial charge in [-0.05, 0) is 12.1 Å². The lowest BCUT2D eigenvalue weighted by Gasteiger charge is -2.30. The number of fused-ring (bicyclic) bond motifs is 1. The van der Waals surface area contributed by atoms with Crippen molar-refractivity contribution in [3.8, 4) is 17.1 Å². The third-order valence-electron chi connectivity index (χ3n) is 4.54. The number of pyridine rings is 1. The Morgan fingerprint density at radius 1 is 1.38 bits per heavy atom. The highest BCUT2D eigenvalue weighted by atomic mass is 16.5. The molecule has 2 aromatic heterocycles. The number of hydrogen-bond acceptors (Lipinski definition) is 5. The maximum atomic E-state index is 11.2. The maximum absolute atomic E-state index is 11.2. The zero-order chi connectivity index (χ0) is 18.1. The zero-order valence-electron chi connectivity index (χ0n) is 14.3. The average molecular weight is 353 g/mol. The Kier molecular flexibility index (Phi) is 4.18. The van der Waals surface area contributed by atoms with Crippen molar-refractivity contribution in [1.29, 1.82) is 0 Å². The number of nitrogens with zero attached hydrogens (tertiary/aromatic N) is 3. The summed E-state index contributed by atoms with van der Waals surface area (Å²) in [4.78, 5) is 24.9. The van der Waals surface area contributed by atoms with E-state index in [0.717, 1.165) is 22.2 Å². The van der Waals surface area contributed by atoms with Gasteiger partial charge in [-0.15, -0.1) is 0 Å². The number of nitrogens with one attached hydrogen (secondary N) is 2. The molecule has 8 nitrogen and oxygen atoms in total. The number of benzene rings is 1. The van der Waals surface area contributed by atoms with Crippen molar-refractivity contribution in [1.82, 2.24) is 25.2 Å². The monoisotopic (exact) mass is 353 g/mol. The number of methoxy groups -OCH3 is 1. The number of piperazine rings is 1. The number of hydrogen-bond donors (Lipinski definition) is 3. The van der Waals surface area contributed by atoms with Crippen molar-refractivity contribution in [2.45, 2.75) is 6.04 Å². The second-order valence-electron chi connectivity index (χ2n) is 6.16. The molecule has 1 fully saturated rings. The smallest absolute Gasteiger partial charge is 0.407 e. The van der Waals surface area contributed by atoms with Gasteiger partial charge in [0.2, 0.25) is 5.88 Å². The summed E-state index contributed by atoms with van der Waals surface area (Å²) in [5.41, 5.74) is 2.46. The summed E-state index contributed by atoms with van der Waals surface area (Å²) in [6.07, 6.45) is 0.814. The van der Waals surface area contributed by atoms with E-state index in [1.165, 1.54) is 4.90 Å². The van der Waals surface area contributed by atoms with E-state index in [-0.39, 0.29) is 6.04 Å². The predicted octanol–water partition coefficient (Wildman–Crippen LogP) is 2.26. The van der Waals surface area contributed by atoms with E-state index >= 15 is 0 Å². The van der Waals surface area contributed by atoms with E-state index in [2.05, 4.69) is 20.3 Å². The van der Waals surface area contributed by atoms with Gasteiger partial charge in [0, 0.05) is 25.0 Å². The first-order valence-corrected chi connectivity index (χ1v) is 8.36. The Balaban J connectivity index is 1.67. The van der Waals surface area contributed by atoms with E-state index in [1.54, 1.807) is 13.3 Å². The number of aromatic amines is 1. The molecular formula is C18H19N5O3. The van der Waals surface area contributed by atoms with Crippen LogP contribution in [0.5, 0.6) is 5.88 Å².